The minimum atomic E-state index is -0.0614. The molecular formula is C32H39N3O4. The summed E-state index contributed by atoms with van der Waals surface area (Å²) in [5, 5.41) is 0. The van der Waals surface area contributed by atoms with Crippen LogP contribution in [0.25, 0.3) is 0 Å². The van der Waals surface area contributed by atoms with Gasteiger partial charge in [-0.1, -0.05) is 43.7 Å². The van der Waals surface area contributed by atoms with E-state index >= 15 is 0 Å². The molecule has 0 spiro atoms. The lowest BCUT2D eigenvalue weighted by atomic mass is 9.91. The molecule has 3 heterocycles. The van der Waals surface area contributed by atoms with Crippen molar-refractivity contribution < 1.29 is 19.0 Å². The van der Waals surface area contributed by atoms with Crippen LogP contribution in [0.15, 0.2) is 60.8 Å². The fraction of sp³-hybridized carbons (Fsp3) is 0.438. The number of aromatic nitrogens is 1. The summed E-state index contributed by atoms with van der Waals surface area (Å²) in [6.45, 7) is 7.76. The third-order valence-electron chi connectivity index (χ3n) is 7.73. The molecule has 2 aromatic carbocycles. The van der Waals surface area contributed by atoms with E-state index in [1.54, 1.807) is 19.4 Å². The number of rotatable bonds is 11. The first-order valence-corrected chi connectivity index (χ1v) is 14.1. The van der Waals surface area contributed by atoms with Crippen molar-refractivity contribution >= 4 is 5.91 Å². The largest absolute Gasteiger partial charge is 0.493 e. The zero-order chi connectivity index (χ0) is 27.0. The average molecular weight is 530 g/mol. The summed E-state index contributed by atoms with van der Waals surface area (Å²) in [5.74, 6) is 2.31. The van der Waals surface area contributed by atoms with Gasteiger partial charge in [-0.3, -0.25) is 14.7 Å². The van der Waals surface area contributed by atoms with E-state index in [2.05, 4.69) is 47.1 Å². The minimum Gasteiger partial charge on any atom is -0.493 e. The van der Waals surface area contributed by atoms with Crippen molar-refractivity contribution in [1.82, 2.24) is 14.8 Å². The Morgan fingerprint density at radius 3 is 2.44 bits per heavy atom. The third kappa shape index (κ3) is 6.90. The smallest absolute Gasteiger partial charge is 0.272 e. The molecule has 0 aliphatic carbocycles. The van der Waals surface area contributed by atoms with Crippen molar-refractivity contribution in [2.24, 2.45) is 0 Å². The van der Waals surface area contributed by atoms with Gasteiger partial charge in [-0.15, -0.1) is 0 Å². The number of pyridine rings is 1. The van der Waals surface area contributed by atoms with Crippen molar-refractivity contribution in [1.29, 1.82) is 0 Å². The molecule has 0 radical (unpaired) electrons. The molecule has 0 bridgehead atoms. The first-order chi connectivity index (χ1) is 19.1. The third-order valence-corrected chi connectivity index (χ3v) is 7.73. The number of nitrogens with zero attached hydrogens (tertiary/aromatic N) is 3. The second-order valence-electron chi connectivity index (χ2n) is 10.4. The first kappa shape index (κ1) is 27.0. The van der Waals surface area contributed by atoms with E-state index in [4.69, 9.17) is 14.2 Å². The monoisotopic (exact) mass is 529 g/mol. The van der Waals surface area contributed by atoms with Gasteiger partial charge in [0, 0.05) is 37.8 Å². The van der Waals surface area contributed by atoms with Gasteiger partial charge in [0.1, 0.15) is 24.7 Å². The Labute approximate surface area is 231 Å². The average Bonchev–Trinajstić information content (AvgIpc) is 2.96. The van der Waals surface area contributed by atoms with Crippen LogP contribution in [0.3, 0.4) is 0 Å². The Balaban J connectivity index is 1.12. The van der Waals surface area contributed by atoms with Gasteiger partial charge in [-0.05, 0) is 67.2 Å². The SMILES string of the molecule is CCc1ccc(COc2ccc(C3CN(C(=O)c4cc(OCCN5CCCCC5)ccn4)C3)cc2OC)cc1. The molecule has 1 amide bonds. The highest BCUT2D eigenvalue weighted by Gasteiger charge is 2.33. The molecule has 206 valence electrons. The van der Waals surface area contributed by atoms with E-state index in [-0.39, 0.29) is 11.8 Å². The van der Waals surface area contributed by atoms with Gasteiger partial charge >= 0.3 is 0 Å². The molecule has 0 N–H and O–H groups in total. The molecule has 5 rings (SSSR count). The molecule has 2 fully saturated rings. The van der Waals surface area contributed by atoms with E-state index in [9.17, 15) is 4.79 Å². The molecular weight excluding hydrogens is 490 g/mol. The van der Waals surface area contributed by atoms with Crippen LogP contribution in [0.1, 0.15) is 59.3 Å². The van der Waals surface area contributed by atoms with E-state index in [0.29, 0.717) is 43.5 Å². The summed E-state index contributed by atoms with van der Waals surface area (Å²) >= 11 is 0. The summed E-state index contributed by atoms with van der Waals surface area (Å²) in [5.41, 5.74) is 4.00. The summed E-state index contributed by atoms with van der Waals surface area (Å²) in [7, 11) is 1.66. The normalized spacial score (nSPS) is 16.0. The second-order valence-corrected chi connectivity index (χ2v) is 10.4. The fourth-order valence-electron chi connectivity index (χ4n) is 5.20. The Kier molecular flexibility index (Phi) is 8.99. The number of hydrogen-bond donors (Lipinski definition) is 0. The van der Waals surface area contributed by atoms with Crippen molar-refractivity contribution in [2.75, 3.05) is 46.4 Å². The van der Waals surface area contributed by atoms with Crippen LogP contribution in [-0.4, -0.2) is 67.1 Å². The maximum atomic E-state index is 13.1. The number of likely N-dealkylation sites (tertiary alicyclic amines) is 2. The zero-order valence-corrected chi connectivity index (χ0v) is 23.1. The number of carbonyl (C=O) groups is 1. The van der Waals surface area contributed by atoms with Crippen molar-refractivity contribution in [3.8, 4) is 17.2 Å². The van der Waals surface area contributed by atoms with Gasteiger partial charge in [-0.25, -0.2) is 0 Å². The topological polar surface area (TPSA) is 64.1 Å². The van der Waals surface area contributed by atoms with Crippen LogP contribution in [0.2, 0.25) is 0 Å². The number of ether oxygens (including phenoxy) is 3. The molecule has 7 heteroatoms. The van der Waals surface area contributed by atoms with Crippen LogP contribution >= 0.6 is 0 Å². The van der Waals surface area contributed by atoms with Crippen LogP contribution in [-0.2, 0) is 13.0 Å². The highest BCUT2D eigenvalue weighted by molar-refractivity contribution is 5.93. The van der Waals surface area contributed by atoms with Gasteiger partial charge in [0.15, 0.2) is 11.5 Å². The summed E-state index contributed by atoms with van der Waals surface area (Å²) in [6.07, 6.45) is 6.54. The van der Waals surface area contributed by atoms with Crippen LogP contribution in [0.5, 0.6) is 17.2 Å². The van der Waals surface area contributed by atoms with Gasteiger partial charge in [-0.2, -0.15) is 0 Å². The number of benzene rings is 2. The zero-order valence-electron chi connectivity index (χ0n) is 23.1. The number of methoxy groups -OCH3 is 1. The van der Waals surface area contributed by atoms with Gasteiger partial charge < -0.3 is 19.1 Å². The second kappa shape index (κ2) is 13.0. The molecule has 0 unspecified atom stereocenters. The first-order valence-electron chi connectivity index (χ1n) is 14.1. The van der Waals surface area contributed by atoms with E-state index in [1.807, 2.05) is 23.1 Å². The lowest BCUT2D eigenvalue weighted by Crippen LogP contribution is -2.48. The highest BCUT2D eigenvalue weighted by Crippen LogP contribution is 2.35. The number of carbonyl (C=O) groups excluding carboxylic acids is 1. The standard InChI is InChI=1S/C32H39N3O4/c1-3-24-7-9-25(10-8-24)23-39-30-12-11-26(19-31(30)37-2)27-21-35(22-27)32(36)29-20-28(13-14-33-29)38-18-17-34-15-5-4-6-16-34/h7-14,19-20,27H,3-6,15-18,21-23H2,1-2H3. The quantitative estimate of drug-likeness (QED) is 0.334. The fourth-order valence-corrected chi connectivity index (χ4v) is 5.20. The van der Waals surface area contributed by atoms with Crippen LogP contribution in [0.4, 0.5) is 0 Å². The molecule has 7 nitrogen and oxygen atoms in total. The number of hydrogen-bond acceptors (Lipinski definition) is 6. The molecule has 2 aliphatic heterocycles. The van der Waals surface area contributed by atoms with Crippen molar-refractivity contribution in [2.45, 2.75) is 45.1 Å². The Morgan fingerprint density at radius 1 is 0.923 bits per heavy atom. The number of aryl methyl sites for hydroxylation is 1. The molecule has 3 aromatic rings. The molecule has 2 saturated heterocycles. The molecule has 39 heavy (non-hydrogen) atoms. The molecule has 0 saturated carbocycles. The maximum absolute atomic E-state index is 13.1. The van der Waals surface area contributed by atoms with Crippen LogP contribution < -0.4 is 14.2 Å². The Bertz CT molecular complexity index is 1230. The lowest BCUT2D eigenvalue weighted by Gasteiger charge is -2.39. The lowest BCUT2D eigenvalue weighted by molar-refractivity contribution is 0.0595. The van der Waals surface area contributed by atoms with Crippen LogP contribution in [0, 0.1) is 0 Å². The summed E-state index contributed by atoms with van der Waals surface area (Å²) in [6, 6.07) is 18.1. The molecule has 2 aliphatic rings. The minimum absolute atomic E-state index is 0.0614. The number of amides is 1. The Morgan fingerprint density at radius 2 is 1.69 bits per heavy atom. The summed E-state index contributed by atoms with van der Waals surface area (Å²) < 4.78 is 17.6. The molecule has 1 aromatic heterocycles. The molecule has 0 atom stereocenters. The number of piperidine rings is 1. The van der Waals surface area contributed by atoms with Crippen molar-refractivity contribution in [3.63, 3.8) is 0 Å². The summed E-state index contributed by atoms with van der Waals surface area (Å²) in [4.78, 5) is 21.7. The predicted octanol–water partition coefficient (Wildman–Crippen LogP) is 5.34. The predicted molar refractivity (Wildman–Crippen MR) is 152 cm³/mol. The van der Waals surface area contributed by atoms with E-state index in [0.717, 1.165) is 42.9 Å². The van der Waals surface area contributed by atoms with E-state index in [1.165, 1.54) is 24.8 Å². The maximum Gasteiger partial charge on any atom is 0.272 e. The highest BCUT2D eigenvalue weighted by atomic mass is 16.5. The van der Waals surface area contributed by atoms with Gasteiger partial charge in [0.05, 0.1) is 7.11 Å². The van der Waals surface area contributed by atoms with Gasteiger partial charge in [0.25, 0.3) is 5.91 Å². The Hall–Kier alpha value is -3.58. The van der Waals surface area contributed by atoms with Crippen molar-refractivity contribution in [3.05, 3.63) is 83.2 Å². The van der Waals surface area contributed by atoms with E-state index < -0.39 is 0 Å². The van der Waals surface area contributed by atoms with Gasteiger partial charge in [0.2, 0.25) is 0 Å².